The van der Waals surface area contributed by atoms with Gasteiger partial charge in [0.1, 0.15) is 0 Å². The van der Waals surface area contributed by atoms with Crippen LogP contribution in [0.1, 0.15) is 20.7 Å². The lowest BCUT2D eigenvalue weighted by Gasteiger charge is -2.13. The molecule has 0 radical (unpaired) electrons. The third kappa shape index (κ3) is 4.81. The highest BCUT2D eigenvalue weighted by atomic mass is 16.5. The van der Waals surface area contributed by atoms with Gasteiger partial charge < -0.3 is 20.7 Å². The second-order valence-corrected chi connectivity index (χ2v) is 5.48. The number of amides is 2. The standard InChI is InChI=1S/C18H19N3O4/c1-21(2)13-7-5-6-12(10-13)18(24)25-11-16(22)20-15-9-4-3-8-14(15)17(19)23/h3-10H,11H2,1-2H3,(H2,19,23)(H,20,22). The topological polar surface area (TPSA) is 102 Å². The van der Waals surface area contributed by atoms with E-state index in [2.05, 4.69) is 5.32 Å². The number of benzene rings is 2. The molecule has 0 aromatic heterocycles. The molecule has 7 heteroatoms. The van der Waals surface area contributed by atoms with E-state index in [0.717, 1.165) is 5.69 Å². The molecule has 0 saturated carbocycles. The predicted molar refractivity (Wildman–Crippen MR) is 94.6 cm³/mol. The summed E-state index contributed by atoms with van der Waals surface area (Å²) in [4.78, 5) is 37.2. The van der Waals surface area contributed by atoms with Crippen molar-refractivity contribution in [2.45, 2.75) is 0 Å². The number of carbonyl (C=O) groups is 3. The van der Waals surface area contributed by atoms with Crippen LogP contribution in [-0.4, -0.2) is 38.5 Å². The molecule has 0 fully saturated rings. The van der Waals surface area contributed by atoms with Gasteiger partial charge in [-0.1, -0.05) is 18.2 Å². The zero-order valence-electron chi connectivity index (χ0n) is 14.0. The lowest BCUT2D eigenvalue weighted by Crippen LogP contribution is -2.23. The van der Waals surface area contributed by atoms with Gasteiger partial charge in [0, 0.05) is 19.8 Å². The molecule has 130 valence electrons. The summed E-state index contributed by atoms with van der Waals surface area (Å²) in [6.45, 7) is -0.474. The molecule has 2 amide bonds. The van der Waals surface area contributed by atoms with Crippen LogP contribution in [0.5, 0.6) is 0 Å². The van der Waals surface area contributed by atoms with E-state index in [1.54, 1.807) is 36.4 Å². The number of nitrogens with zero attached hydrogens (tertiary/aromatic N) is 1. The van der Waals surface area contributed by atoms with Gasteiger partial charge in [0.25, 0.3) is 11.8 Å². The van der Waals surface area contributed by atoms with Crippen molar-refractivity contribution in [2.24, 2.45) is 5.73 Å². The van der Waals surface area contributed by atoms with Gasteiger partial charge in [0.15, 0.2) is 6.61 Å². The SMILES string of the molecule is CN(C)c1cccc(C(=O)OCC(=O)Nc2ccccc2C(N)=O)c1. The number of para-hydroxylation sites is 1. The van der Waals surface area contributed by atoms with E-state index < -0.39 is 24.4 Å². The molecule has 2 aromatic rings. The van der Waals surface area contributed by atoms with Gasteiger partial charge in [-0.15, -0.1) is 0 Å². The minimum Gasteiger partial charge on any atom is -0.452 e. The molecular formula is C18H19N3O4. The summed E-state index contributed by atoms with van der Waals surface area (Å²) < 4.78 is 5.01. The Morgan fingerprint density at radius 3 is 2.48 bits per heavy atom. The Hall–Kier alpha value is -3.35. The first kappa shape index (κ1) is 18.0. The van der Waals surface area contributed by atoms with E-state index in [0.29, 0.717) is 5.56 Å². The quantitative estimate of drug-likeness (QED) is 0.778. The second-order valence-electron chi connectivity index (χ2n) is 5.48. The first-order chi connectivity index (χ1) is 11.9. The summed E-state index contributed by atoms with van der Waals surface area (Å²) in [6, 6.07) is 13.2. The molecule has 2 aromatic carbocycles. The number of hydrogen-bond donors (Lipinski definition) is 2. The number of esters is 1. The number of carbonyl (C=O) groups excluding carboxylic acids is 3. The number of nitrogens with one attached hydrogen (secondary N) is 1. The van der Waals surface area contributed by atoms with Crippen LogP contribution in [0.15, 0.2) is 48.5 Å². The van der Waals surface area contributed by atoms with Crippen LogP contribution < -0.4 is 16.0 Å². The largest absolute Gasteiger partial charge is 0.452 e. The van der Waals surface area contributed by atoms with E-state index in [1.807, 2.05) is 25.1 Å². The number of hydrogen-bond acceptors (Lipinski definition) is 5. The molecule has 0 spiro atoms. The number of nitrogens with two attached hydrogens (primary N) is 1. The van der Waals surface area contributed by atoms with Gasteiger partial charge in [-0.2, -0.15) is 0 Å². The van der Waals surface area contributed by atoms with Gasteiger partial charge in [0.2, 0.25) is 0 Å². The predicted octanol–water partition coefficient (Wildman–Crippen LogP) is 1.65. The highest BCUT2D eigenvalue weighted by Crippen LogP contribution is 2.15. The summed E-state index contributed by atoms with van der Waals surface area (Å²) in [5.41, 5.74) is 6.88. The van der Waals surface area contributed by atoms with Crippen LogP contribution in [0.4, 0.5) is 11.4 Å². The number of rotatable bonds is 6. The van der Waals surface area contributed by atoms with Crippen molar-refractivity contribution in [3.63, 3.8) is 0 Å². The Labute approximate surface area is 145 Å². The Balaban J connectivity index is 1.97. The zero-order valence-corrected chi connectivity index (χ0v) is 14.0. The van der Waals surface area contributed by atoms with Crippen LogP contribution >= 0.6 is 0 Å². The summed E-state index contributed by atoms with van der Waals surface area (Å²) >= 11 is 0. The highest BCUT2D eigenvalue weighted by Gasteiger charge is 2.13. The van der Waals surface area contributed by atoms with E-state index in [1.165, 1.54) is 6.07 Å². The smallest absolute Gasteiger partial charge is 0.338 e. The van der Waals surface area contributed by atoms with E-state index in [-0.39, 0.29) is 11.3 Å². The molecule has 25 heavy (non-hydrogen) atoms. The normalized spacial score (nSPS) is 10.0. The number of anilines is 2. The molecule has 0 saturated heterocycles. The molecular weight excluding hydrogens is 322 g/mol. The fraction of sp³-hybridized carbons (Fsp3) is 0.167. The summed E-state index contributed by atoms with van der Waals surface area (Å²) in [7, 11) is 3.71. The molecule has 0 aliphatic heterocycles. The molecule has 0 aliphatic carbocycles. The van der Waals surface area contributed by atoms with Crippen LogP contribution in [0.25, 0.3) is 0 Å². The molecule has 2 rings (SSSR count). The van der Waals surface area contributed by atoms with Crippen molar-refractivity contribution in [3.8, 4) is 0 Å². The molecule has 0 unspecified atom stereocenters. The minimum atomic E-state index is -0.659. The Bertz CT molecular complexity index is 802. The number of primary amides is 1. The van der Waals surface area contributed by atoms with Crippen molar-refractivity contribution >= 4 is 29.2 Å². The summed E-state index contributed by atoms with van der Waals surface area (Å²) in [5, 5.41) is 2.50. The maximum absolute atomic E-state index is 12.1. The third-order valence-corrected chi connectivity index (χ3v) is 3.40. The van der Waals surface area contributed by atoms with Crippen molar-refractivity contribution < 1.29 is 19.1 Å². The zero-order chi connectivity index (χ0) is 18.4. The fourth-order valence-electron chi connectivity index (χ4n) is 2.12. The Kier molecular flexibility index (Phi) is 5.73. The van der Waals surface area contributed by atoms with Crippen LogP contribution in [-0.2, 0) is 9.53 Å². The van der Waals surface area contributed by atoms with E-state index >= 15 is 0 Å². The molecule has 7 nitrogen and oxygen atoms in total. The average molecular weight is 341 g/mol. The maximum Gasteiger partial charge on any atom is 0.338 e. The van der Waals surface area contributed by atoms with Crippen LogP contribution in [0, 0.1) is 0 Å². The van der Waals surface area contributed by atoms with Crippen LogP contribution in [0.2, 0.25) is 0 Å². The molecule has 0 bridgehead atoms. The van der Waals surface area contributed by atoms with Gasteiger partial charge in [-0.25, -0.2) is 4.79 Å². The maximum atomic E-state index is 12.1. The third-order valence-electron chi connectivity index (χ3n) is 3.40. The monoisotopic (exact) mass is 341 g/mol. The van der Waals surface area contributed by atoms with Gasteiger partial charge in [-0.05, 0) is 30.3 Å². The van der Waals surface area contributed by atoms with Crippen molar-refractivity contribution in [2.75, 3.05) is 30.9 Å². The average Bonchev–Trinajstić information content (AvgIpc) is 2.60. The van der Waals surface area contributed by atoms with Crippen LogP contribution in [0.3, 0.4) is 0 Å². The fourth-order valence-corrected chi connectivity index (χ4v) is 2.12. The van der Waals surface area contributed by atoms with E-state index in [9.17, 15) is 14.4 Å². The van der Waals surface area contributed by atoms with Gasteiger partial charge in [-0.3, -0.25) is 9.59 Å². The molecule has 0 heterocycles. The first-order valence-corrected chi connectivity index (χ1v) is 7.51. The van der Waals surface area contributed by atoms with Gasteiger partial charge in [0.05, 0.1) is 16.8 Å². The lowest BCUT2D eigenvalue weighted by molar-refractivity contribution is -0.119. The van der Waals surface area contributed by atoms with Crippen molar-refractivity contribution in [3.05, 3.63) is 59.7 Å². The van der Waals surface area contributed by atoms with Gasteiger partial charge >= 0.3 is 5.97 Å². The first-order valence-electron chi connectivity index (χ1n) is 7.51. The minimum absolute atomic E-state index is 0.181. The Morgan fingerprint density at radius 1 is 1.08 bits per heavy atom. The van der Waals surface area contributed by atoms with Crippen molar-refractivity contribution in [1.29, 1.82) is 0 Å². The number of ether oxygens (including phenoxy) is 1. The molecule has 3 N–H and O–H groups in total. The summed E-state index contributed by atoms with van der Waals surface area (Å²) in [6.07, 6.45) is 0. The highest BCUT2D eigenvalue weighted by molar-refractivity contribution is 6.03. The van der Waals surface area contributed by atoms with E-state index in [4.69, 9.17) is 10.5 Å². The molecule has 0 atom stereocenters. The van der Waals surface area contributed by atoms with Crippen molar-refractivity contribution in [1.82, 2.24) is 0 Å². The molecule has 0 aliphatic rings. The summed E-state index contributed by atoms with van der Waals surface area (Å²) in [5.74, 6) is -1.83. The lowest BCUT2D eigenvalue weighted by atomic mass is 10.1. The second kappa shape index (κ2) is 7.96. The Morgan fingerprint density at radius 2 is 1.80 bits per heavy atom.